The van der Waals surface area contributed by atoms with Gasteiger partial charge in [-0.15, -0.1) is 0 Å². The SMILES string of the molecule is CN1CCC2(CC1)Cc1cc(Cl)cnc1C2N. The summed E-state index contributed by atoms with van der Waals surface area (Å²) in [5.74, 6) is 0. The third kappa shape index (κ3) is 1.77. The van der Waals surface area contributed by atoms with Crippen LogP contribution in [0.2, 0.25) is 5.02 Å². The summed E-state index contributed by atoms with van der Waals surface area (Å²) in [5, 5.41) is 0.723. The first-order valence-electron chi connectivity index (χ1n) is 6.19. The van der Waals surface area contributed by atoms with Crippen LogP contribution in [0.3, 0.4) is 0 Å². The van der Waals surface area contributed by atoms with Crippen molar-refractivity contribution in [2.45, 2.75) is 25.3 Å². The van der Waals surface area contributed by atoms with Gasteiger partial charge in [0, 0.05) is 6.20 Å². The molecule has 92 valence electrons. The largest absolute Gasteiger partial charge is 0.322 e. The number of hydrogen-bond donors (Lipinski definition) is 1. The maximum absolute atomic E-state index is 6.43. The molecule has 3 rings (SSSR count). The van der Waals surface area contributed by atoms with Gasteiger partial charge >= 0.3 is 0 Å². The smallest absolute Gasteiger partial charge is 0.0610 e. The molecule has 2 heterocycles. The summed E-state index contributed by atoms with van der Waals surface area (Å²) in [5.41, 5.74) is 8.98. The van der Waals surface area contributed by atoms with Gasteiger partial charge in [-0.3, -0.25) is 4.98 Å². The number of nitrogens with zero attached hydrogens (tertiary/aromatic N) is 2. The molecule has 0 bridgehead atoms. The average Bonchev–Trinajstić information content (AvgIpc) is 2.57. The second-order valence-corrected chi connectivity index (χ2v) is 5.95. The predicted octanol–water partition coefficient (Wildman–Crippen LogP) is 2.00. The monoisotopic (exact) mass is 251 g/mol. The van der Waals surface area contributed by atoms with Crippen molar-refractivity contribution in [3.05, 3.63) is 28.5 Å². The van der Waals surface area contributed by atoms with E-state index in [1.807, 2.05) is 6.07 Å². The van der Waals surface area contributed by atoms with E-state index >= 15 is 0 Å². The molecule has 2 aliphatic rings. The van der Waals surface area contributed by atoms with E-state index in [1.165, 1.54) is 18.4 Å². The Bertz CT molecular complexity index is 438. The molecule has 2 N–H and O–H groups in total. The fraction of sp³-hybridized carbons (Fsp3) is 0.615. The van der Waals surface area contributed by atoms with Crippen molar-refractivity contribution in [1.82, 2.24) is 9.88 Å². The lowest BCUT2D eigenvalue weighted by molar-refractivity contribution is 0.105. The molecule has 1 aliphatic heterocycles. The van der Waals surface area contributed by atoms with E-state index in [0.29, 0.717) is 0 Å². The minimum Gasteiger partial charge on any atom is -0.322 e. The van der Waals surface area contributed by atoms with Gasteiger partial charge in [0.05, 0.1) is 16.8 Å². The Balaban J connectivity index is 1.92. The minimum absolute atomic E-state index is 0.0865. The molecule has 0 saturated carbocycles. The number of hydrogen-bond acceptors (Lipinski definition) is 3. The van der Waals surface area contributed by atoms with Crippen molar-refractivity contribution in [3.63, 3.8) is 0 Å². The van der Waals surface area contributed by atoms with Crippen LogP contribution in [0.4, 0.5) is 0 Å². The lowest BCUT2D eigenvalue weighted by Crippen LogP contribution is -2.42. The van der Waals surface area contributed by atoms with Gasteiger partial charge in [-0.1, -0.05) is 11.6 Å². The first kappa shape index (κ1) is 11.5. The van der Waals surface area contributed by atoms with Crippen molar-refractivity contribution < 1.29 is 0 Å². The van der Waals surface area contributed by atoms with Crippen molar-refractivity contribution in [2.75, 3.05) is 20.1 Å². The van der Waals surface area contributed by atoms with Crippen molar-refractivity contribution in [2.24, 2.45) is 11.1 Å². The van der Waals surface area contributed by atoms with Gasteiger partial charge in [0.2, 0.25) is 0 Å². The normalized spacial score (nSPS) is 27.4. The molecular formula is C13H18ClN3. The van der Waals surface area contributed by atoms with Crippen LogP contribution in [0.1, 0.15) is 30.1 Å². The van der Waals surface area contributed by atoms with Gasteiger partial charge in [-0.25, -0.2) is 0 Å². The van der Waals surface area contributed by atoms with Crippen LogP contribution in [0.15, 0.2) is 12.3 Å². The van der Waals surface area contributed by atoms with Crippen LogP contribution >= 0.6 is 11.6 Å². The predicted molar refractivity (Wildman–Crippen MR) is 69.0 cm³/mol. The van der Waals surface area contributed by atoms with Gasteiger partial charge in [0.15, 0.2) is 0 Å². The maximum Gasteiger partial charge on any atom is 0.0610 e. The number of fused-ring (bicyclic) bond motifs is 1. The second-order valence-electron chi connectivity index (χ2n) is 5.52. The molecule has 0 amide bonds. The third-order valence-corrected chi connectivity index (χ3v) is 4.65. The second kappa shape index (κ2) is 3.94. The molecule has 3 nitrogen and oxygen atoms in total. The van der Waals surface area contributed by atoms with Gasteiger partial charge in [0.25, 0.3) is 0 Å². The van der Waals surface area contributed by atoms with Crippen molar-refractivity contribution >= 4 is 11.6 Å². The fourth-order valence-corrected chi connectivity index (χ4v) is 3.42. The standard InChI is InChI=1S/C13H18ClN3/c1-17-4-2-13(3-5-17)7-9-6-10(14)8-16-11(9)12(13)15/h6,8,12H,2-5,7,15H2,1H3. The van der Waals surface area contributed by atoms with Gasteiger partial charge in [-0.2, -0.15) is 0 Å². The first-order chi connectivity index (χ1) is 8.11. The van der Waals surface area contributed by atoms with E-state index in [1.54, 1.807) is 6.20 Å². The first-order valence-corrected chi connectivity index (χ1v) is 6.57. The molecular weight excluding hydrogens is 234 g/mol. The summed E-state index contributed by atoms with van der Waals surface area (Å²) >= 11 is 6.01. The van der Waals surface area contributed by atoms with E-state index in [9.17, 15) is 0 Å². The number of halogens is 1. The van der Waals surface area contributed by atoms with Crippen LogP contribution in [-0.2, 0) is 6.42 Å². The number of piperidine rings is 1. The molecule has 1 saturated heterocycles. The number of nitrogens with two attached hydrogens (primary N) is 1. The lowest BCUT2D eigenvalue weighted by atomic mass is 9.73. The number of aromatic nitrogens is 1. The van der Waals surface area contributed by atoms with E-state index in [2.05, 4.69) is 16.9 Å². The quantitative estimate of drug-likeness (QED) is 0.767. The Kier molecular flexibility index (Phi) is 2.65. The van der Waals surface area contributed by atoms with Crippen LogP contribution in [0.5, 0.6) is 0 Å². The Labute approximate surface area is 107 Å². The molecule has 1 unspecified atom stereocenters. The van der Waals surface area contributed by atoms with Crippen LogP contribution in [0.25, 0.3) is 0 Å². The zero-order valence-corrected chi connectivity index (χ0v) is 10.9. The van der Waals surface area contributed by atoms with E-state index in [4.69, 9.17) is 17.3 Å². The molecule has 1 aromatic heterocycles. The number of likely N-dealkylation sites (tertiary alicyclic amines) is 1. The third-order valence-electron chi connectivity index (χ3n) is 4.45. The molecule has 1 fully saturated rings. The van der Waals surface area contributed by atoms with Gasteiger partial charge in [0.1, 0.15) is 0 Å². The number of pyridine rings is 1. The molecule has 1 aromatic rings. The highest BCUT2D eigenvalue weighted by molar-refractivity contribution is 6.30. The maximum atomic E-state index is 6.43. The highest BCUT2D eigenvalue weighted by atomic mass is 35.5. The Morgan fingerprint density at radius 3 is 2.88 bits per heavy atom. The lowest BCUT2D eigenvalue weighted by Gasteiger charge is -2.40. The molecule has 0 radical (unpaired) electrons. The summed E-state index contributed by atoms with van der Waals surface area (Å²) in [7, 11) is 2.18. The zero-order chi connectivity index (χ0) is 12.0. The van der Waals surface area contributed by atoms with Crippen molar-refractivity contribution in [1.29, 1.82) is 0 Å². The van der Waals surface area contributed by atoms with Gasteiger partial charge in [-0.05, 0) is 56.4 Å². The van der Waals surface area contributed by atoms with Crippen LogP contribution in [-0.4, -0.2) is 30.0 Å². The van der Waals surface area contributed by atoms with E-state index < -0.39 is 0 Å². The molecule has 17 heavy (non-hydrogen) atoms. The topological polar surface area (TPSA) is 42.2 Å². The Morgan fingerprint density at radius 2 is 2.18 bits per heavy atom. The van der Waals surface area contributed by atoms with Gasteiger partial charge < -0.3 is 10.6 Å². The molecule has 1 atom stereocenters. The molecule has 4 heteroatoms. The fourth-order valence-electron chi connectivity index (χ4n) is 3.24. The number of rotatable bonds is 0. The van der Waals surface area contributed by atoms with Crippen LogP contribution in [0, 0.1) is 5.41 Å². The van der Waals surface area contributed by atoms with E-state index in [0.717, 1.165) is 30.2 Å². The highest BCUT2D eigenvalue weighted by Crippen LogP contribution is 2.50. The summed E-state index contributed by atoms with van der Waals surface area (Å²) < 4.78 is 0. The Hall–Kier alpha value is -0.640. The summed E-state index contributed by atoms with van der Waals surface area (Å²) in [6.07, 6.45) is 5.09. The zero-order valence-electron chi connectivity index (χ0n) is 10.1. The molecule has 1 spiro atoms. The molecule has 0 aromatic carbocycles. The van der Waals surface area contributed by atoms with Crippen molar-refractivity contribution in [3.8, 4) is 0 Å². The molecule has 1 aliphatic carbocycles. The van der Waals surface area contributed by atoms with Crippen LogP contribution < -0.4 is 5.73 Å². The summed E-state index contributed by atoms with van der Waals surface area (Å²) in [6, 6.07) is 2.13. The highest BCUT2D eigenvalue weighted by Gasteiger charge is 2.46. The summed E-state index contributed by atoms with van der Waals surface area (Å²) in [4.78, 5) is 6.81. The summed E-state index contributed by atoms with van der Waals surface area (Å²) in [6.45, 7) is 2.27. The Morgan fingerprint density at radius 1 is 1.47 bits per heavy atom. The van der Waals surface area contributed by atoms with E-state index in [-0.39, 0.29) is 11.5 Å². The average molecular weight is 252 g/mol. The minimum atomic E-state index is 0.0865.